The van der Waals surface area contributed by atoms with Gasteiger partial charge in [0.15, 0.2) is 4.80 Å². The lowest BCUT2D eigenvalue weighted by molar-refractivity contribution is -0.138. The van der Waals surface area contributed by atoms with Crippen LogP contribution in [0.25, 0.3) is 11.8 Å². The Balaban J connectivity index is 1.83. The molecule has 0 amide bonds. The number of carbonyl (C=O) groups excluding carboxylic acids is 1. The van der Waals surface area contributed by atoms with E-state index in [0.717, 1.165) is 5.56 Å². The second-order valence-corrected chi connectivity index (χ2v) is 11.6. The first-order chi connectivity index (χ1) is 18.3. The predicted molar refractivity (Wildman–Crippen MR) is 161 cm³/mol. The van der Waals surface area contributed by atoms with Gasteiger partial charge in [0.1, 0.15) is 11.6 Å². The Morgan fingerprint density at radius 1 is 1.13 bits per heavy atom. The van der Waals surface area contributed by atoms with Crippen molar-refractivity contribution in [1.29, 1.82) is 0 Å². The molecule has 1 N–H and O–H groups in total. The van der Waals surface area contributed by atoms with E-state index in [1.54, 1.807) is 37.3 Å². The number of phenolic OH excluding ortho intramolecular Hbond substituents is 1. The minimum atomic E-state index is -0.872. The van der Waals surface area contributed by atoms with Gasteiger partial charge in [-0.25, -0.2) is 14.2 Å². The number of ether oxygens (including phenoxy) is 1. The first-order valence-corrected chi connectivity index (χ1v) is 14.5. The highest BCUT2D eigenvalue weighted by atomic mass is 127. The highest BCUT2D eigenvalue weighted by Gasteiger charge is 2.35. The highest BCUT2D eigenvalue weighted by Crippen LogP contribution is 2.35. The fourth-order valence-corrected chi connectivity index (χ4v) is 7.04. The van der Waals surface area contributed by atoms with Crippen LogP contribution < -0.4 is 14.9 Å². The fourth-order valence-electron chi connectivity index (χ4n) is 4.22. The molecular formula is C28H19FI2N2O4S. The molecule has 0 unspecified atom stereocenters. The Kier molecular flexibility index (Phi) is 7.82. The molecule has 1 aliphatic heterocycles. The molecule has 1 atom stereocenters. The van der Waals surface area contributed by atoms with E-state index in [1.165, 1.54) is 28.0 Å². The van der Waals surface area contributed by atoms with Crippen LogP contribution in [0.5, 0.6) is 5.75 Å². The third kappa shape index (κ3) is 5.08. The zero-order chi connectivity index (χ0) is 27.0. The van der Waals surface area contributed by atoms with E-state index < -0.39 is 17.8 Å². The van der Waals surface area contributed by atoms with Crippen molar-refractivity contribution in [3.63, 3.8) is 0 Å². The van der Waals surface area contributed by atoms with Crippen molar-refractivity contribution in [3.8, 4) is 5.75 Å². The van der Waals surface area contributed by atoms with Gasteiger partial charge in [0, 0.05) is 5.56 Å². The number of hydrogen-bond acceptors (Lipinski definition) is 6. The number of phenols is 1. The summed E-state index contributed by atoms with van der Waals surface area (Å²) < 4.78 is 22.5. The molecule has 0 saturated carbocycles. The number of hydrogen-bond donors (Lipinski definition) is 1. The van der Waals surface area contributed by atoms with Crippen molar-refractivity contribution in [2.24, 2.45) is 4.99 Å². The molecule has 0 saturated heterocycles. The van der Waals surface area contributed by atoms with Crippen molar-refractivity contribution in [3.05, 3.63) is 122 Å². The lowest BCUT2D eigenvalue weighted by atomic mass is 9.93. The Morgan fingerprint density at radius 3 is 2.42 bits per heavy atom. The van der Waals surface area contributed by atoms with E-state index >= 15 is 0 Å². The number of fused-ring (bicyclic) bond motifs is 1. The molecule has 192 valence electrons. The number of aromatic hydroxyl groups is 1. The zero-order valence-corrected chi connectivity index (χ0v) is 25.0. The summed E-state index contributed by atoms with van der Waals surface area (Å²) in [6.07, 6.45) is 1.74. The number of rotatable bonds is 5. The zero-order valence-electron chi connectivity index (χ0n) is 19.8. The van der Waals surface area contributed by atoms with Crippen molar-refractivity contribution in [2.45, 2.75) is 13.0 Å². The van der Waals surface area contributed by atoms with Gasteiger partial charge in [0.05, 0.1) is 35.6 Å². The van der Waals surface area contributed by atoms with Crippen LogP contribution in [0.2, 0.25) is 0 Å². The average molecular weight is 752 g/mol. The van der Waals surface area contributed by atoms with E-state index in [9.17, 15) is 19.1 Å². The van der Waals surface area contributed by atoms with Crippen LogP contribution in [0.1, 0.15) is 29.7 Å². The lowest BCUT2D eigenvalue weighted by Crippen LogP contribution is -2.40. The Labute approximate surface area is 248 Å². The van der Waals surface area contributed by atoms with Gasteiger partial charge in [0.2, 0.25) is 0 Å². The summed E-state index contributed by atoms with van der Waals surface area (Å²) in [6, 6.07) is 17.7. The van der Waals surface area contributed by atoms with Crippen LogP contribution in [-0.2, 0) is 9.53 Å². The lowest BCUT2D eigenvalue weighted by Gasteiger charge is -2.25. The van der Waals surface area contributed by atoms with E-state index in [2.05, 4.69) is 0 Å². The minimum absolute atomic E-state index is 0.142. The molecule has 10 heteroatoms. The molecule has 1 aromatic heterocycles. The summed E-state index contributed by atoms with van der Waals surface area (Å²) in [7, 11) is 0. The summed E-state index contributed by atoms with van der Waals surface area (Å²) in [5, 5.41) is 10.1. The third-order valence-corrected chi connectivity index (χ3v) is 8.52. The maximum absolute atomic E-state index is 13.9. The first-order valence-electron chi connectivity index (χ1n) is 11.5. The molecule has 3 aromatic carbocycles. The number of benzene rings is 3. The maximum Gasteiger partial charge on any atom is 0.338 e. The van der Waals surface area contributed by atoms with Crippen LogP contribution in [-0.4, -0.2) is 22.2 Å². The van der Waals surface area contributed by atoms with Gasteiger partial charge in [-0.2, -0.15) is 0 Å². The van der Waals surface area contributed by atoms with Crippen LogP contribution in [0, 0.1) is 13.0 Å². The molecule has 0 spiro atoms. The summed E-state index contributed by atoms with van der Waals surface area (Å²) in [5.74, 6) is -0.836. The second-order valence-electron chi connectivity index (χ2n) is 8.32. The van der Waals surface area contributed by atoms with E-state index in [1.807, 2.05) is 75.5 Å². The molecule has 0 aliphatic carbocycles. The minimum Gasteiger partial charge on any atom is -0.506 e. The van der Waals surface area contributed by atoms with E-state index in [-0.39, 0.29) is 23.5 Å². The monoisotopic (exact) mass is 752 g/mol. The smallest absolute Gasteiger partial charge is 0.338 e. The maximum atomic E-state index is 13.9. The quantitative estimate of drug-likeness (QED) is 0.231. The molecule has 5 rings (SSSR count). The number of nitrogens with zero attached hydrogens (tertiary/aromatic N) is 2. The molecule has 0 fully saturated rings. The molecule has 1 aliphatic rings. The Bertz CT molecular complexity index is 1740. The van der Waals surface area contributed by atoms with Crippen LogP contribution in [0.3, 0.4) is 0 Å². The standard InChI is InChI=1S/C28H19FI2N2O4S/c1-2-37-27(36)22-23(16-6-4-3-5-7-16)32-28-33(24(22)17-8-10-18(29)11-9-17)26(35)21(38-28)14-15-12-19(30)25(34)20(31)13-15/h3-14,24,34H,2H2,1H3/b21-14-/t24-/m1/s1. The van der Waals surface area contributed by atoms with Gasteiger partial charge in [0.25, 0.3) is 5.56 Å². The van der Waals surface area contributed by atoms with Gasteiger partial charge in [-0.05, 0) is 93.6 Å². The average Bonchev–Trinajstić information content (AvgIpc) is 3.21. The van der Waals surface area contributed by atoms with Gasteiger partial charge in [-0.15, -0.1) is 0 Å². The fraction of sp³-hybridized carbons (Fsp3) is 0.107. The van der Waals surface area contributed by atoms with E-state index in [4.69, 9.17) is 9.73 Å². The summed E-state index contributed by atoms with van der Waals surface area (Å²) in [6.45, 7) is 1.85. The SMILES string of the molecule is CCOC(=O)C1=C(c2ccccc2)N=c2s/c(=C\c3cc(I)c(O)c(I)c3)c(=O)n2[C@@H]1c1ccc(F)cc1. The predicted octanol–water partition coefficient (Wildman–Crippen LogP) is 4.99. The van der Waals surface area contributed by atoms with Crippen molar-refractivity contribution >= 4 is 74.3 Å². The summed E-state index contributed by atoms with van der Waals surface area (Å²) in [5.41, 5.74) is 2.27. The molecule has 2 heterocycles. The highest BCUT2D eigenvalue weighted by molar-refractivity contribution is 14.1. The molecular weight excluding hydrogens is 733 g/mol. The Hall–Kier alpha value is -2.84. The third-order valence-electron chi connectivity index (χ3n) is 5.90. The van der Waals surface area contributed by atoms with Crippen LogP contribution >= 0.6 is 56.5 Å². The van der Waals surface area contributed by atoms with Crippen molar-refractivity contribution in [2.75, 3.05) is 6.61 Å². The second kappa shape index (κ2) is 11.1. The molecule has 0 bridgehead atoms. The number of aromatic nitrogens is 1. The van der Waals surface area contributed by atoms with Gasteiger partial charge < -0.3 is 9.84 Å². The number of esters is 1. The van der Waals surface area contributed by atoms with Crippen molar-refractivity contribution < 1.29 is 19.0 Å². The molecule has 0 radical (unpaired) electrons. The number of thiazole rings is 1. The Morgan fingerprint density at radius 2 is 1.79 bits per heavy atom. The molecule has 38 heavy (non-hydrogen) atoms. The van der Waals surface area contributed by atoms with Gasteiger partial charge in [-0.3, -0.25) is 9.36 Å². The van der Waals surface area contributed by atoms with Gasteiger partial charge >= 0.3 is 5.97 Å². The normalized spacial score (nSPS) is 15.3. The first kappa shape index (κ1) is 26.8. The van der Waals surface area contributed by atoms with Gasteiger partial charge in [-0.1, -0.05) is 53.8 Å². The largest absolute Gasteiger partial charge is 0.506 e. The molecule has 6 nitrogen and oxygen atoms in total. The molecule has 4 aromatic rings. The topological polar surface area (TPSA) is 80.9 Å². The summed E-state index contributed by atoms with van der Waals surface area (Å²) >= 11 is 5.28. The van der Waals surface area contributed by atoms with Crippen LogP contribution in [0.15, 0.2) is 82.1 Å². The number of halogens is 3. The number of carbonyl (C=O) groups is 1. The van der Waals surface area contributed by atoms with E-state index in [0.29, 0.717) is 33.3 Å². The van der Waals surface area contributed by atoms with Crippen LogP contribution in [0.4, 0.5) is 4.39 Å². The van der Waals surface area contributed by atoms with Crippen molar-refractivity contribution in [1.82, 2.24) is 4.57 Å². The summed E-state index contributed by atoms with van der Waals surface area (Å²) in [4.78, 5) is 32.5.